The highest BCUT2D eigenvalue weighted by atomic mass is 35.5. The van der Waals surface area contributed by atoms with Gasteiger partial charge in [0.1, 0.15) is 4.90 Å². The Morgan fingerprint density at radius 2 is 2.10 bits per heavy atom. The minimum Gasteiger partial charge on any atom is -0.307 e. The number of hydrogen-bond donors (Lipinski definition) is 3. The minimum absolute atomic E-state index is 0.0475. The van der Waals surface area contributed by atoms with Crippen LogP contribution >= 0.6 is 11.6 Å². The van der Waals surface area contributed by atoms with Crippen molar-refractivity contribution in [1.82, 2.24) is 9.71 Å². The first-order valence-corrected chi connectivity index (χ1v) is 8.44. The molecular weight excluding hydrogens is 300 g/mol. The fraction of sp³-hybridized carbons (Fsp3) is 0.583. The quantitative estimate of drug-likeness (QED) is 0.569. The predicted octanol–water partition coefficient (Wildman–Crippen LogP) is 1.88. The molecule has 0 spiro atoms. The van der Waals surface area contributed by atoms with Crippen LogP contribution in [0.1, 0.15) is 32.6 Å². The summed E-state index contributed by atoms with van der Waals surface area (Å²) < 4.78 is 27.3. The number of rotatable bonds is 5. The highest BCUT2D eigenvalue weighted by molar-refractivity contribution is 7.89. The van der Waals surface area contributed by atoms with E-state index < -0.39 is 10.0 Å². The minimum atomic E-state index is -3.61. The van der Waals surface area contributed by atoms with Crippen LogP contribution in [-0.4, -0.2) is 19.4 Å². The molecule has 20 heavy (non-hydrogen) atoms. The van der Waals surface area contributed by atoms with Gasteiger partial charge in [-0.05, 0) is 31.7 Å². The zero-order valence-electron chi connectivity index (χ0n) is 11.3. The smallest absolute Gasteiger partial charge is 0.242 e. The first-order valence-electron chi connectivity index (χ1n) is 6.58. The van der Waals surface area contributed by atoms with Crippen LogP contribution in [0.4, 0.5) is 5.82 Å². The van der Waals surface area contributed by atoms with Crippen molar-refractivity contribution in [3.05, 3.63) is 17.3 Å². The summed E-state index contributed by atoms with van der Waals surface area (Å²) in [6.07, 6.45) is 5.71. The van der Waals surface area contributed by atoms with Crippen molar-refractivity contribution in [1.29, 1.82) is 0 Å². The second kappa shape index (κ2) is 6.26. The largest absolute Gasteiger partial charge is 0.307 e. The van der Waals surface area contributed by atoms with E-state index in [1.165, 1.54) is 25.1 Å². The lowest BCUT2D eigenvalue weighted by Crippen LogP contribution is -2.37. The number of nitrogens with two attached hydrogens (primary N) is 1. The summed E-state index contributed by atoms with van der Waals surface area (Å²) in [4.78, 5) is 3.93. The second-order valence-corrected chi connectivity index (χ2v) is 7.22. The van der Waals surface area contributed by atoms with Gasteiger partial charge < -0.3 is 5.43 Å². The highest BCUT2D eigenvalue weighted by Crippen LogP contribution is 2.28. The third-order valence-electron chi connectivity index (χ3n) is 3.71. The van der Waals surface area contributed by atoms with E-state index in [9.17, 15) is 8.42 Å². The Bertz CT molecular complexity index is 573. The fourth-order valence-electron chi connectivity index (χ4n) is 2.54. The molecule has 4 N–H and O–H groups in total. The number of nitrogens with one attached hydrogen (secondary N) is 2. The molecular formula is C12H19ClN4O2S. The van der Waals surface area contributed by atoms with Crippen molar-refractivity contribution in [2.45, 2.75) is 43.5 Å². The molecule has 2 rings (SSSR count). The maximum Gasteiger partial charge on any atom is 0.242 e. The highest BCUT2D eigenvalue weighted by Gasteiger charge is 2.26. The zero-order valence-corrected chi connectivity index (χ0v) is 12.8. The molecule has 1 fully saturated rings. The molecule has 1 unspecified atom stereocenters. The Labute approximate surface area is 124 Å². The first kappa shape index (κ1) is 15.5. The molecule has 112 valence electrons. The van der Waals surface area contributed by atoms with Gasteiger partial charge in [0.15, 0.2) is 5.82 Å². The van der Waals surface area contributed by atoms with Crippen LogP contribution in [0.25, 0.3) is 0 Å². The molecule has 6 nitrogen and oxygen atoms in total. The molecule has 0 aromatic carbocycles. The standard InChI is InChI=1S/C12H19ClN4O2S/c1-8(9-4-2-3-5-9)17-20(18,19)10-6-11(13)12(16-14)15-7-10/h6-9,17H,2-5,14H2,1H3,(H,15,16). The van der Waals surface area contributed by atoms with Gasteiger partial charge in [-0.1, -0.05) is 24.4 Å². The lowest BCUT2D eigenvalue weighted by Gasteiger charge is -2.20. The number of nitrogen functional groups attached to an aromatic ring is 1. The van der Waals surface area contributed by atoms with Crippen molar-refractivity contribution in [2.24, 2.45) is 11.8 Å². The van der Waals surface area contributed by atoms with E-state index in [0.717, 1.165) is 12.8 Å². The van der Waals surface area contributed by atoms with Gasteiger partial charge in [0, 0.05) is 12.2 Å². The zero-order chi connectivity index (χ0) is 14.8. The van der Waals surface area contributed by atoms with Crippen LogP contribution in [0.15, 0.2) is 17.2 Å². The molecule has 1 aliphatic rings. The van der Waals surface area contributed by atoms with E-state index in [4.69, 9.17) is 17.4 Å². The van der Waals surface area contributed by atoms with E-state index in [1.807, 2.05) is 6.92 Å². The number of hydrazine groups is 1. The SMILES string of the molecule is CC(NS(=O)(=O)c1cnc(NN)c(Cl)c1)C1CCCC1. The van der Waals surface area contributed by atoms with Crippen LogP contribution in [-0.2, 0) is 10.0 Å². The van der Waals surface area contributed by atoms with Crippen LogP contribution in [0.2, 0.25) is 5.02 Å². The van der Waals surface area contributed by atoms with Crippen molar-refractivity contribution in [3.8, 4) is 0 Å². The monoisotopic (exact) mass is 318 g/mol. The third kappa shape index (κ3) is 3.41. The van der Waals surface area contributed by atoms with Gasteiger partial charge in [0.05, 0.1) is 5.02 Å². The maximum atomic E-state index is 12.3. The molecule has 0 bridgehead atoms. The molecule has 1 saturated carbocycles. The molecule has 0 amide bonds. The summed E-state index contributed by atoms with van der Waals surface area (Å²) in [5.41, 5.74) is 2.30. The molecule has 0 aliphatic heterocycles. The van der Waals surface area contributed by atoms with E-state index in [-0.39, 0.29) is 21.8 Å². The van der Waals surface area contributed by atoms with Crippen LogP contribution < -0.4 is 16.0 Å². The van der Waals surface area contributed by atoms with E-state index in [1.54, 1.807) is 0 Å². The van der Waals surface area contributed by atoms with Crippen LogP contribution in [0, 0.1) is 5.92 Å². The molecule has 1 aromatic rings. The molecule has 8 heteroatoms. The lowest BCUT2D eigenvalue weighted by atomic mass is 10.0. The summed E-state index contributed by atoms with van der Waals surface area (Å²) in [6.45, 7) is 1.90. The van der Waals surface area contributed by atoms with Gasteiger partial charge >= 0.3 is 0 Å². The Morgan fingerprint density at radius 1 is 1.45 bits per heavy atom. The molecule has 1 aliphatic carbocycles. The summed E-state index contributed by atoms with van der Waals surface area (Å²) >= 11 is 5.90. The van der Waals surface area contributed by atoms with Gasteiger partial charge in [0.2, 0.25) is 10.0 Å². The molecule has 0 saturated heterocycles. The summed E-state index contributed by atoms with van der Waals surface area (Å²) in [7, 11) is -3.61. The van der Waals surface area contributed by atoms with Gasteiger partial charge in [0.25, 0.3) is 0 Å². The Balaban J connectivity index is 2.15. The van der Waals surface area contributed by atoms with Gasteiger partial charge in [-0.3, -0.25) is 0 Å². The first-order chi connectivity index (χ1) is 9.44. The number of nitrogens with zero attached hydrogens (tertiary/aromatic N) is 1. The summed E-state index contributed by atoms with van der Waals surface area (Å²) in [6, 6.07) is 1.25. The van der Waals surface area contributed by atoms with Crippen LogP contribution in [0.5, 0.6) is 0 Å². The molecule has 1 aromatic heterocycles. The number of hydrogen-bond acceptors (Lipinski definition) is 5. The number of aromatic nitrogens is 1. The van der Waals surface area contributed by atoms with E-state index >= 15 is 0 Å². The summed E-state index contributed by atoms with van der Waals surface area (Å²) in [5, 5.41) is 0.170. The van der Waals surface area contributed by atoms with Crippen molar-refractivity contribution >= 4 is 27.4 Å². The van der Waals surface area contributed by atoms with Crippen molar-refractivity contribution in [2.75, 3.05) is 5.43 Å². The van der Waals surface area contributed by atoms with Crippen molar-refractivity contribution < 1.29 is 8.42 Å². The number of pyridine rings is 1. The average molecular weight is 319 g/mol. The normalized spacial score (nSPS) is 18.1. The predicted molar refractivity (Wildman–Crippen MR) is 78.8 cm³/mol. The van der Waals surface area contributed by atoms with Gasteiger partial charge in [-0.2, -0.15) is 0 Å². The Hall–Kier alpha value is -0.890. The maximum absolute atomic E-state index is 12.3. The number of sulfonamides is 1. The average Bonchev–Trinajstić information content (AvgIpc) is 2.92. The van der Waals surface area contributed by atoms with Gasteiger partial charge in [-0.15, -0.1) is 0 Å². The molecule has 1 atom stereocenters. The number of anilines is 1. The van der Waals surface area contributed by atoms with E-state index in [2.05, 4.69) is 15.1 Å². The fourth-order valence-corrected chi connectivity index (χ4v) is 4.11. The second-order valence-electron chi connectivity index (χ2n) is 5.10. The summed E-state index contributed by atoms with van der Waals surface area (Å²) in [5.74, 6) is 5.86. The third-order valence-corrected chi connectivity index (χ3v) is 5.53. The lowest BCUT2D eigenvalue weighted by molar-refractivity contribution is 0.424. The topological polar surface area (TPSA) is 97.1 Å². The van der Waals surface area contributed by atoms with E-state index in [0.29, 0.717) is 5.92 Å². The van der Waals surface area contributed by atoms with Crippen LogP contribution in [0.3, 0.4) is 0 Å². The molecule has 1 heterocycles. The molecule has 0 radical (unpaired) electrons. The van der Waals surface area contributed by atoms with Gasteiger partial charge in [-0.25, -0.2) is 24.0 Å². The number of halogens is 1. The van der Waals surface area contributed by atoms with Crippen molar-refractivity contribution in [3.63, 3.8) is 0 Å². The Morgan fingerprint density at radius 3 is 2.65 bits per heavy atom. The Kier molecular flexibility index (Phi) is 4.85.